The largest absolute Gasteiger partial charge is 0.481 e. The van der Waals surface area contributed by atoms with E-state index in [1.807, 2.05) is 24.3 Å². The molecule has 3 nitrogen and oxygen atoms in total. The molecule has 0 aromatic heterocycles. The van der Waals surface area contributed by atoms with Gasteiger partial charge in [-0.15, -0.1) is 0 Å². The van der Waals surface area contributed by atoms with E-state index in [9.17, 15) is 4.79 Å². The van der Waals surface area contributed by atoms with E-state index in [1.54, 1.807) is 0 Å². The standard InChI is InChI=1S/C11H12BrNO2/c12-9-4-2-1-3-7(9)10-8(11(14)15)5-6-13-10/h1-4,8,10,13H,5-6H2,(H,14,15). The van der Waals surface area contributed by atoms with E-state index in [0.717, 1.165) is 16.6 Å². The zero-order valence-electron chi connectivity index (χ0n) is 8.11. The molecular weight excluding hydrogens is 258 g/mol. The minimum Gasteiger partial charge on any atom is -0.481 e. The van der Waals surface area contributed by atoms with Gasteiger partial charge in [-0.05, 0) is 24.6 Å². The van der Waals surface area contributed by atoms with E-state index >= 15 is 0 Å². The van der Waals surface area contributed by atoms with Gasteiger partial charge in [0.25, 0.3) is 0 Å². The first-order valence-electron chi connectivity index (χ1n) is 4.91. The van der Waals surface area contributed by atoms with Gasteiger partial charge in [0.05, 0.1) is 5.92 Å². The number of aliphatic carboxylic acids is 1. The van der Waals surface area contributed by atoms with Gasteiger partial charge in [0.15, 0.2) is 0 Å². The Hall–Kier alpha value is -0.870. The normalized spacial score (nSPS) is 25.4. The van der Waals surface area contributed by atoms with E-state index in [2.05, 4.69) is 21.2 Å². The van der Waals surface area contributed by atoms with E-state index in [0.29, 0.717) is 6.42 Å². The van der Waals surface area contributed by atoms with Gasteiger partial charge in [-0.2, -0.15) is 0 Å². The Labute approximate surface area is 96.6 Å². The molecule has 80 valence electrons. The summed E-state index contributed by atoms with van der Waals surface area (Å²) >= 11 is 3.45. The number of benzene rings is 1. The summed E-state index contributed by atoms with van der Waals surface area (Å²) in [5.74, 6) is -1.04. The first kappa shape index (κ1) is 10.6. The highest BCUT2D eigenvalue weighted by Crippen LogP contribution is 2.33. The highest BCUT2D eigenvalue weighted by Gasteiger charge is 2.34. The van der Waals surface area contributed by atoms with Crippen molar-refractivity contribution >= 4 is 21.9 Å². The summed E-state index contributed by atoms with van der Waals surface area (Å²) in [6, 6.07) is 7.69. The van der Waals surface area contributed by atoms with E-state index in [1.165, 1.54) is 0 Å². The molecule has 4 heteroatoms. The molecule has 1 aromatic carbocycles. The molecule has 2 N–H and O–H groups in total. The van der Waals surface area contributed by atoms with Crippen LogP contribution < -0.4 is 5.32 Å². The molecule has 0 radical (unpaired) electrons. The first-order valence-corrected chi connectivity index (χ1v) is 5.70. The van der Waals surface area contributed by atoms with E-state index in [4.69, 9.17) is 5.11 Å². The number of rotatable bonds is 2. The van der Waals surface area contributed by atoms with Crippen LogP contribution in [0.1, 0.15) is 18.0 Å². The number of nitrogens with one attached hydrogen (secondary N) is 1. The molecule has 1 aliphatic heterocycles. The Balaban J connectivity index is 2.30. The molecule has 1 aliphatic rings. The fourth-order valence-corrected chi connectivity index (χ4v) is 2.55. The maximum atomic E-state index is 11.0. The summed E-state index contributed by atoms with van der Waals surface area (Å²) in [6.07, 6.45) is 0.696. The van der Waals surface area contributed by atoms with Crippen molar-refractivity contribution < 1.29 is 9.90 Å². The minimum atomic E-state index is -0.722. The first-order chi connectivity index (χ1) is 7.20. The Kier molecular flexibility index (Phi) is 3.07. The van der Waals surface area contributed by atoms with Crippen LogP contribution in [0.25, 0.3) is 0 Å². The lowest BCUT2D eigenvalue weighted by Gasteiger charge is -2.17. The van der Waals surface area contributed by atoms with Gasteiger partial charge in [-0.1, -0.05) is 34.1 Å². The molecule has 2 rings (SSSR count). The van der Waals surface area contributed by atoms with Gasteiger partial charge < -0.3 is 10.4 Å². The number of carbonyl (C=O) groups is 1. The lowest BCUT2D eigenvalue weighted by atomic mass is 9.94. The van der Waals surface area contributed by atoms with Crippen molar-refractivity contribution in [2.75, 3.05) is 6.54 Å². The monoisotopic (exact) mass is 269 g/mol. The summed E-state index contributed by atoms with van der Waals surface area (Å²) in [6.45, 7) is 0.767. The smallest absolute Gasteiger partial charge is 0.308 e. The van der Waals surface area contributed by atoms with Crippen LogP contribution in [0.5, 0.6) is 0 Å². The van der Waals surface area contributed by atoms with E-state index < -0.39 is 5.97 Å². The lowest BCUT2D eigenvalue weighted by molar-refractivity contribution is -0.142. The van der Waals surface area contributed by atoms with Crippen molar-refractivity contribution in [2.24, 2.45) is 5.92 Å². The zero-order chi connectivity index (χ0) is 10.8. The molecule has 15 heavy (non-hydrogen) atoms. The van der Waals surface area contributed by atoms with Gasteiger partial charge in [0, 0.05) is 10.5 Å². The average Bonchev–Trinajstić information content (AvgIpc) is 2.67. The molecule has 0 spiro atoms. The van der Waals surface area contributed by atoms with Crippen LogP contribution in [0.2, 0.25) is 0 Å². The van der Waals surface area contributed by atoms with Crippen LogP contribution in [0.15, 0.2) is 28.7 Å². The van der Waals surface area contributed by atoms with Crippen LogP contribution in [-0.4, -0.2) is 17.6 Å². The number of carboxylic acids is 1. The van der Waals surface area contributed by atoms with Gasteiger partial charge >= 0.3 is 5.97 Å². The second kappa shape index (κ2) is 4.33. The van der Waals surface area contributed by atoms with Crippen LogP contribution in [0.3, 0.4) is 0 Å². The van der Waals surface area contributed by atoms with Crippen LogP contribution in [0.4, 0.5) is 0 Å². The summed E-state index contributed by atoms with van der Waals surface area (Å²) in [4.78, 5) is 11.0. The predicted molar refractivity (Wildman–Crippen MR) is 60.6 cm³/mol. The van der Waals surface area contributed by atoms with Gasteiger partial charge in [-0.25, -0.2) is 0 Å². The Morgan fingerprint density at radius 1 is 1.47 bits per heavy atom. The van der Waals surface area contributed by atoms with Crippen molar-refractivity contribution in [1.82, 2.24) is 5.32 Å². The van der Waals surface area contributed by atoms with Crippen molar-refractivity contribution in [3.63, 3.8) is 0 Å². The highest BCUT2D eigenvalue weighted by atomic mass is 79.9. The molecule has 2 atom stereocenters. The second-order valence-corrected chi connectivity index (χ2v) is 4.54. The maximum absolute atomic E-state index is 11.0. The van der Waals surface area contributed by atoms with Gasteiger partial charge in [0.2, 0.25) is 0 Å². The van der Waals surface area contributed by atoms with Crippen molar-refractivity contribution in [3.8, 4) is 0 Å². The van der Waals surface area contributed by atoms with Gasteiger partial charge in [-0.3, -0.25) is 4.79 Å². The summed E-state index contributed by atoms with van der Waals surface area (Å²) in [5, 5.41) is 12.3. The lowest BCUT2D eigenvalue weighted by Crippen LogP contribution is -2.23. The Bertz CT molecular complexity index is 381. The van der Waals surface area contributed by atoms with Crippen molar-refractivity contribution in [3.05, 3.63) is 34.3 Å². The fraction of sp³-hybridized carbons (Fsp3) is 0.364. The van der Waals surface area contributed by atoms with Crippen LogP contribution in [-0.2, 0) is 4.79 Å². The summed E-state index contributed by atoms with van der Waals surface area (Å²) in [5.41, 5.74) is 1.03. The number of carboxylic acid groups (broad SMARTS) is 1. The second-order valence-electron chi connectivity index (χ2n) is 3.69. The number of hydrogen-bond donors (Lipinski definition) is 2. The third-order valence-corrected chi connectivity index (χ3v) is 3.50. The molecular formula is C11H12BrNO2. The maximum Gasteiger partial charge on any atom is 0.308 e. The average molecular weight is 270 g/mol. The van der Waals surface area contributed by atoms with Crippen LogP contribution >= 0.6 is 15.9 Å². The third kappa shape index (κ3) is 2.06. The highest BCUT2D eigenvalue weighted by molar-refractivity contribution is 9.10. The molecule has 0 saturated carbocycles. The molecule has 1 saturated heterocycles. The fourth-order valence-electron chi connectivity index (χ4n) is 2.02. The molecule has 0 aliphatic carbocycles. The zero-order valence-corrected chi connectivity index (χ0v) is 9.70. The molecule has 0 amide bonds. The van der Waals surface area contributed by atoms with Crippen molar-refractivity contribution in [2.45, 2.75) is 12.5 Å². The topological polar surface area (TPSA) is 49.3 Å². The molecule has 1 aromatic rings. The SMILES string of the molecule is O=C(O)C1CCNC1c1ccccc1Br. The van der Waals surface area contributed by atoms with Crippen molar-refractivity contribution in [1.29, 1.82) is 0 Å². The summed E-state index contributed by atoms with van der Waals surface area (Å²) < 4.78 is 0.968. The number of hydrogen-bond acceptors (Lipinski definition) is 2. The third-order valence-electron chi connectivity index (χ3n) is 2.78. The quantitative estimate of drug-likeness (QED) is 0.866. The molecule has 1 heterocycles. The van der Waals surface area contributed by atoms with Gasteiger partial charge in [0.1, 0.15) is 0 Å². The number of halogens is 1. The summed E-state index contributed by atoms with van der Waals surface area (Å²) in [7, 11) is 0. The minimum absolute atomic E-state index is 0.0712. The van der Waals surface area contributed by atoms with Crippen LogP contribution in [0, 0.1) is 5.92 Å². The Morgan fingerprint density at radius 3 is 2.87 bits per heavy atom. The molecule has 1 fully saturated rings. The molecule has 2 unspecified atom stereocenters. The Morgan fingerprint density at radius 2 is 2.20 bits per heavy atom. The predicted octanol–water partition coefficient (Wildman–Crippen LogP) is 2.18. The van der Waals surface area contributed by atoms with E-state index in [-0.39, 0.29) is 12.0 Å². The molecule has 0 bridgehead atoms.